The zero-order valence-electron chi connectivity index (χ0n) is 16.2. The number of nitrogens with one attached hydrogen (secondary N) is 1. The van der Waals surface area contributed by atoms with E-state index < -0.39 is 0 Å². The fourth-order valence-electron chi connectivity index (χ4n) is 3.39. The normalized spacial score (nSPS) is 13.9. The monoisotopic (exact) mass is 400 g/mol. The molecule has 0 spiro atoms. The summed E-state index contributed by atoms with van der Waals surface area (Å²) in [5.41, 5.74) is 4.83. The number of benzene rings is 2. The molecule has 1 saturated heterocycles. The maximum Gasteiger partial charge on any atom is 0.247 e. The Kier molecular flexibility index (Phi) is 5.05. The SMILES string of the molecule is c1cc(-c2ccnc(Nc3ccc(-c4nnco4)cc3)n2)cc(N2CCOCC2)c1. The third-order valence-corrected chi connectivity index (χ3v) is 4.92. The highest BCUT2D eigenvalue weighted by atomic mass is 16.5. The largest absolute Gasteiger partial charge is 0.423 e. The molecular formula is C22H20N6O2. The summed E-state index contributed by atoms with van der Waals surface area (Å²) in [6.45, 7) is 3.33. The van der Waals surface area contributed by atoms with Gasteiger partial charge in [-0.2, -0.15) is 0 Å². The van der Waals surface area contributed by atoms with Gasteiger partial charge in [0.2, 0.25) is 18.2 Å². The van der Waals surface area contributed by atoms with Crippen LogP contribution in [0.15, 0.2) is 71.6 Å². The van der Waals surface area contributed by atoms with Gasteiger partial charge >= 0.3 is 0 Å². The van der Waals surface area contributed by atoms with E-state index in [2.05, 4.69) is 49.7 Å². The number of hydrogen-bond donors (Lipinski definition) is 1. The lowest BCUT2D eigenvalue weighted by Gasteiger charge is -2.29. The molecule has 8 nitrogen and oxygen atoms in total. The van der Waals surface area contributed by atoms with Gasteiger partial charge in [0, 0.05) is 41.8 Å². The second-order valence-corrected chi connectivity index (χ2v) is 6.86. The van der Waals surface area contributed by atoms with Gasteiger partial charge in [-0.25, -0.2) is 9.97 Å². The smallest absolute Gasteiger partial charge is 0.247 e. The molecule has 4 aromatic rings. The lowest BCUT2D eigenvalue weighted by atomic mass is 10.1. The van der Waals surface area contributed by atoms with E-state index in [1.54, 1.807) is 6.20 Å². The Morgan fingerprint density at radius 1 is 0.933 bits per heavy atom. The Hall–Kier alpha value is -3.78. The molecule has 0 unspecified atom stereocenters. The Bertz CT molecular complexity index is 1110. The van der Waals surface area contributed by atoms with Gasteiger partial charge in [-0.1, -0.05) is 12.1 Å². The fraction of sp³-hybridized carbons (Fsp3) is 0.182. The van der Waals surface area contributed by atoms with Crippen LogP contribution in [0.25, 0.3) is 22.7 Å². The minimum absolute atomic E-state index is 0.486. The van der Waals surface area contributed by atoms with Crippen molar-refractivity contribution >= 4 is 17.3 Å². The van der Waals surface area contributed by atoms with E-state index in [-0.39, 0.29) is 0 Å². The van der Waals surface area contributed by atoms with Gasteiger partial charge < -0.3 is 19.4 Å². The molecule has 0 radical (unpaired) electrons. The van der Waals surface area contributed by atoms with E-state index in [1.807, 2.05) is 30.3 Å². The number of aromatic nitrogens is 4. The van der Waals surface area contributed by atoms with Crippen LogP contribution in [0.2, 0.25) is 0 Å². The first-order valence-corrected chi connectivity index (χ1v) is 9.75. The average Bonchev–Trinajstić information content (AvgIpc) is 3.36. The molecule has 1 fully saturated rings. The van der Waals surface area contributed by atoms with E-state index in [4.69, 9.17) is 14.1 Å². The van der Waals surface area contributed by atoms with Gasteiger partial charge in [-0.15, -0.1) is 10.2 Å². The first-order chi connectivity index (χ1) is 14.8. The Labute approximate surface area is 173 Å². The zero-order chi connectivity index (χ0) is 20.2. The molecule has 0 amide bonds. The predicted octanol–water partition coefficient (Wildman–Crippen LogP) is 3.77. The van der Waals surface area contributed by atoms with Gasteiger partial charge in [0.15, 0.2) is 0 Å². The van der Waals surface area contributed by atoms with Crippen molar-refractivity contribution < 1.29 is 9.15 Å². The van der Waals surface area contributed by atoms with Crippen LogP contribution >= 0.6 is 0 Å². The van der Waals surface area contributed by atoms with Crippen molar-refractivity contribution in [2.75, 3.05) is 36.5 Å². The highest BCUT2D eigenvalue weighted by Gasteiger charge is 2.12. The van der Waals surface area contributed by atoms with Crippen LogP contribution in [0, 0.1) is 0 Å². The Morgan fingerprint density at radius 3 is 2.60 bits per heavy atom. The number of nitrogens with zero attached hydrogens (tertiary/aromatic N) is 5. The van der Waals surface area contributed by atoms with Gasteiger partial charge in [0.25, 0.3) is 0 Å². The molecule has 8 heteroatoms. The summed E-state index contributed by atoms with van der Waals surface area (Å²) in [5, 5.41) is 10.9. The maximum absolute atomic E-state index is 5.45. The summed E-state index contributed by atoms with van der Waals surface area (Å²) >= 11 is 0. The molecule has 1 aliphatic rings. The minimum atomic E-state index is 0.486. The van der Waals surface area contributed by atoms with Crippen molar-refractivity contribution in [1.82, 2.24) is 20.2 Å². The van der Waals surface area contributed by atoms with Crippen LogP contribution in [0.4, 0.5) is 17.3 Å². The lowest BCUT2D eigenvalue weighted by molar-refractivity contribution is 0.122. The second-order valence-electron chi connectivity index (χ2n) is 6.86. The van der Waals surface area contributed by atoms with Crippen LogP contribution in [-0.2, 0) is 4.74 Å². The van der Waals surface area contributed by atoms with Crippen molar-refractivity contribution in [2.45, 2.75) is 0 Å². The molecule has 0 saturated carbocycles. The molecule has 30 heavy (non-hydrogen) atoms. The van der Waals surface area contributed by atoms with E-state index in [9.17, 15) is 0 Å². The fourth-order valence-corrected chi connectivity index (χ4v) is 3.39. The summed E-state index contributed by atoms with van der Waals surface area (Å²) in [7, 11) is 0. The topological polar surface area (TPSA) is 89.2 Å². The van der Waals surface area contributed by atoms with E-state index in [1.165, 1.54) is 12.1 Å². The van der Waals surface area contributed by atoms with Crippen LogP contribution in [0.1, 0.15) is 0 Å². The van der Waals surface area contributed by atoms with Gasteiger partial charge in [0.1, 0.15) is 0 Å². The first-order valence-electron chi connectivity index (χ1n) is 9.75. The summed E-state index contributed by atoms with van der Waals surface area (Å²) in [5.74, 6) is 1.02. The van der Waals surface area contributed by atoms with Crippen molar-refractivity contribution in [3.63, 3.8) is 0 Å². The molecule has 1 aliphatic heterocycles. The van der Waals surface area contributed by atoms with Gasteiger partial charge in [0.05, 0.1) is 18.9 Å². The second kappa shape index (κ2) is 8.30. The predicted molar refractivity (Wildman–Crippen MR) is 114 cm³/mol. The molecular weight excluding hydrogens is 380 g/mol. The van der Waals surface area contributed by atoms with Crippen molar-refractivity contribution in [3.8, 4) is 22.7 Å². The number of morpholine rings is 1. The maximum atomic E-state index is 5.45. The first kappa shape index (κ1) is 18.3. The third kappa shape index (κ3) is 3.99. The molecule has 0 aliphatic carbocycles. The molecule has 2 aromatic heterocycles. The molecule has 3 heterocycles. The zero-order valence-corrected chi connectivity index (χ0v) is 16.2. The number of hydrogen-bond acceptors (Lipinski definition) is 8. The van der Waals surface area contributed by atoms with Gasteiger partial charge in [-0.3, -0.25) is 0 Å². The van der Waals surface area contributed by atoms with Crippen molar-refractivity contribution in [1.29, 1.82) is 0 Å². The van der Waals surface area contributed by atoms with Crippen LogP contribution in [0.5, 0.6) is 0 Å². The Balaban J connectivity index is 1.34. The molecule has 0 bridgehead atoms. The molecule has 0 atom stereocenters. The van der Waals surface area contributed by atoms with Crippen molar-refractivity contribution in [3.05, 3.63) is 67.2 Å². The summed E-state index contributed by atoms with van der Waals surface area (Å²) in [6.07, 6.45) is 3.08. The average molecular weight is 400 g/mol. The van der Waals surface area contributed by atoms with E-state index in [0.29, 0.717) is 11.8 Å². The van der Waals surface area contributed by atoms with Crippen LogP contribution in [0.3, 0.4) is 0 Å². The highest BCUT2D eigenvalue weighted by molar-refractivity contribution is 5.67. The minimum Gasteiger partial charge on any atom is -0.423 e. The number of anilines is 3. The highest BCUT2D eigenvalue weighted by Crippen LogP contribution is 2.25. The van der Waals surface area contributed by atoms with Gasteiger partial charge in [-0.05, 0) is 42.5 Å². The summed E-state index contributed by atoms with van der Waals surface area (Å²) in [6, 6.07) is 18.0. The number of ether oxygens (including phenoxy) is 1. The van der Waals surface area contributed by atoms with Crippen LogP contribution < -0.4 is 10.2 Å². The van der Waals surface area contributed by atoms with Crippen LogP contribution in [-0.4, -0.2) is 46.5 Å². The van der Waals surface area contributed by atoms with Crippen molar-refractivity contribution in [2.24, 2.45) is 0 Å². The quantitative estimate of drug-likeness (QED) is 0.541. The number of rotatable bonds is 5. The van der Waals surface area contributed by atoms with E-state index in [0.717, 1.165) is 48.8 Å². The molecule has 5 rings (SSSR count). The lowest BCUT2D eigenvalue weighted by Crippen LogP contribution is -2.36. The molecule has 2 aromatic carbocycles. The van der Waals surface area contributed by atoms with E-state index >= 15 is 0 Å². The summed E-state index contributed by atoms with van der Waals surface area (Å²) in [4.78, 5) is 11.4. The summed E-state index contributed by atoms with van der Waals surface area (Å²) < 4.78 is 10.7. The third-order valence-electron chi connectivity index (χ3n) is 4.92. The Morgan fingerprint density at radius 2 is 1.80 bits per heavy atom. The molecule has 150 valence electrons. The standard InChI is InChI=1S/C22H20N6O2/c1-2-17(14-19(3-1)28-10-12-29-13-11-28)20-8-9-23-22(26-20)25-18-6-4-16(5-7-18)21-27-24-15-30-21/h1-9,14-15H,10-13H2,(H,23,25,26). The molecule has 1 N–H and O–H groups in total.